The van der Waals surface area contributed by atoms with Crippen molar-refractivity contribution in [1.82, 2.24) is 9.97 Å². The van der Waals surface area contributed by atoms with E-state index in [0.717, 1.165) is 6.20 Å². The molecule has 2 aromatic rings. The number of hydrogen-bond acceptors (Lipinski definition) is 7. The van der Waals surface area contributed by atoms with Crippen LogP contribution in [-0.2, 0) is 0 Å². The zero-order valence-electron chi connectivity index (χ0n) is 11.0. The Bertz CT molecular complexity index is 629. The Balaban J connectivity index is 2.43. The van der Waals surface area contributed by atoms with Gasteiger partial charge in [-0.15, -0.1) is 0 Å². The zero-order valence-corrected chi connectivity index (χ0v) is 11.0. The van der Waals surface area contributed by atoms with Crippen molar-refractivity contribution >= 4 is 23.1 Å². The van der Waals surface area contributed by atoms with Crippen molar-refractivity contribution < 1.29 is 9.66 Å². The molecule has 0 fully saturated rings. The van der Waals surface area contributed by atoms with Gasteiger partial charge >= 0.3 is 5.69 Å². The number of benzene rings is 1. The summed E-state index contributed by atoms with van der Waals surface area (Å²) in [5.41, 5.74) is 6.00. The third-order valence-electron chi connectivity index (χ3n) is 2.74. The maximum absolute atomic E-state index is 11.0. The Kier molecular flexibility index (Phi) is 3.65. The monoisotopic (exact) mass is 275 g/mol. The Hall–Kier alpha value is -2.90. The van der Waals surface area contributed by atoms with Crippen LogP contribution < -0.4 is 15.4 Å². The predicted octanol–water partition coefficient (Wildman–Crippen LogP) is 1.74. The molecule has 0 saturated carbocycles. The molecule has 0 spiro atoms. The molecule has 0 aliphatic rings. The summed E-state index contributed by atoms with van der Waals surface area (Å²) in [6.45, 7) is 0. The molecule has 0 atom stereocenters. The van der Waals surface area contributed by atoms with E-state index in [4.69, 9.17) is 10.5 Å². The average molecular weight is 275 g/mol. The Morgan fingerprint density at radius 2 is 2.00 bits per heavy atom. The summed E-state index contributed by atoms with van der Waals surface area (Å²) in [4.78, 5) is 19.6. The standard InChI is InChI=1S/C12H13N5O3/c1-16(8-3-5-9(20-2)6-4-8)11-10(17(18)19)7-14-12(13)15-11/h3-7H,1-2H3,(H2,13,14,15). The van der Waals surface area contributed by atoms with Gasteiger partial charge in [0.15, 0.2) is 0 Å². The number of hydrogen-bond donors (Lipinski definition) is 1. The van der Waals surface area contributed by atoms with E-state index in [-0.39, 0.29) is 17.5 Å². The summed E-state index contributed by atoms with van der Waals surface area (Å²) in [6, 6.07) is 7.03. The largest absolute Gasteiger partial charge is 0.497 e. The number of aromatic nitrogens is 2. The van der Waals surface area contributed by atoms with Crippen molar-refractivity contribution in [3.8, 4) is 5.75 Å². The van der Waals surface area contributed by atoms with Gasteiger partial charge in [-0.2, -0.15) is 4.98 Å². The molecule has 0 amide bonds. The quantitative estimate of drug-likeness (QED) is 0.668. The maximum atomic E-state index is 11.0. The topological polar surface area (TPSA) is 107 Å². The molecule has 2 rings (SSSR count). The second kappa shape index (κ2) is 5.39. The van der Waals surface area contributed by atoms with Gasteiger partial charge in [-0.1, -0.05) is 0 Å². The molecule has 1 heterocycles. The van der Waals surface area contributed by atoms with Crippen molar-refractivity contribution in [3.05, 3.63) is 40.6 Å². The molecule has 8 heteroatoms. The van der Waals surface area contributed by atoms with Gasteiger partial charge in [0.2, 0.25) is 11.8 Å². The van der Waals surface area contributed by atoms with Gasteiger partial charge in [0.25, 0.3) is 0 Å². The lowest BCUT2D eigenvalue weighted by atomic mass is 10.2. The fourth-order valence-electron chi connectivity index (χ4n) is 1.68. The van der Waals surface area contributed by atoms with Crippen LogP contribution in [0.4, 0.5) is 23.1 Å². The molecule has 104 valence electrons. The minimum atomic E-state index is -0.547. The minimum Gasteiger partial charge on any atom is -0.497 e. The van der Waals surface area contributed by atoms with Crippen LogP contribution in [-0.4, -0.2) is 29.0 Å². The number of nitrogens with two attached hydrogens (primary N) is 1. The number of rotatable bonds is 4. The highest BCUT2D eigenvalue weighted by Gasteiger charge is 2.21. The van der Waals surface area contributed by atoms with E-state index in [1.165, 1.54) is 0 Å². The lowest BCUT2D eigenvalue weighted by Crippen LogP contribution is -2.14. The Morgan fingerprint density at radius 3 is 2.55 bits per heavy atom. The van der Waals surface area contributed by atoms with Gasteiger partial charge in [-0.3, -0.25) is 10.1 Å². The van der Waals surface area contributed by atoms with Crippen molar-refractivity contribution in [2.45, 2.75) is 0 Å². The van der Waals surface area contributed by atoms with Gasteiger partial charge < -0.3 is 15.4 Å². The van der Waals surface area contributed by atoms with E-state index in [9.17, 15) is 10.1 Å². The van der Waals surface area contributed by atoms with Crippen LogP contribution in [0.2, 0.25) is 0 Å². The summed E-state index contributed by atoms with van der Waals surface area (Å²) in [6.07, 6.45) is 1.09. The predicted molar refractivity (Wildman–Crippen MR) is 74.2 cm³/mol. The normalized spacial score (nSPS) is 10.1. The van der Waals surface area contributed by atoms with E-state index >= 15 is 0 Å². The smallest absolute Gasteiger partial charge is 0.330 e. The number of ether oxygens (including phenoxy) is 1. The summed E-state index contributed by atoms with van der Waals surface area (Å²) in [5.74, 6) is 0.803. The Morgan fingerprint density at radius 1 is 1.35 bits per heavy atom. The molecule has 8 nitrogen and oxygen atoms in total. The van der Waals surface area contributed by atoms with Crippen LogP contribution in [0, 0.1) is 10.1 Å². The second-order valence-electron chi connectivity index (χ2n) is 3.95. The number of nitrogens with zero attached hydrogens (tertiary/aromatic N) is 4. The SMILES string of the molecule is COc1ccc(N(C)c2nc(N)ncc2[N+](=O)[O-])cc1. The van der Waals surface area contributed by atoms with Gasteiger partial charge in [0.1, 0.15) is 11.9 Å². The fourth-order valence-corrected chi connectivity index (χ4v) is 1.68. The Labute approximate surface area is 115 Å². The third-order valence-corrected chi connectivity index (χ3v) is 2.74. The molecule has 0 unspecified atom stereocenters. The van der Waals surface area contributed by atoms with Crippen LogP contribution in [0.1, 0.15) is 0 Å². The van der Waals surface area contributed by atoms with E-state index in [1.54, 1.807) is 43.3 Å². The first-order valence-electron chi connectivity index (χ1n) is 5.67. The lowest BCUT2D eigenvalue weighted by Gasteiger charge is -2.18. The molecular weight excluding hydrogens is 262 g/mol. The molecule has 0 radical (unpaired) electrons. The van der Waals surface area contributed by atoms with Crippen molar-refractivity contribution in [1.29, 1.82) is 0 Å². The van der Waals surface area contributed by atoms with Gasteiger partial charge in [-0.05, 0) is 24.3 Å². The van der Waals surface area contributed by atoms with E-state index in [1.807, 2.05) is 0 Å². The van der Waals surface area contributed by atoms with Crippen LogP contribution in [0.3, 0.4) is 0 Å². The number of nitro groups is 1. The molecule has 20 heavy (non-hydrogen) atoms. The van der Waals surface area contributed by atoms with Crippen LogP contribution >= 0.6 is 0 Å². The van der Waals surface area contributed by atoms with Crippen molar-refractivity contribution in [2.24, 2.45) is 0 Å². The molecule has 0 aliphatic carbocycles. The highest BCUT2D eigenvalue weighted by Crippen LogP contribution is 2.30. The highest BCUT2D eigenvalue weighted by molar-refractivity contribution is 5.68. The summed E-state index contributed by atoms with van der Waals surface area (Å²) in [5, 5.41) is 11.0. The van der Waals surface area contributed by atoms with Gasteiger partial charge in [0.05, 0.1) is 12.0 Å². The van der Waals surface area contributed by atoms with E-state index in [2.05, 4.69) is 9.97 Å². The van der Waals surface area contributed by atoms with Crippen LogP contribution in [0.25, 0.3) is 0 Å². The molecule has 1 aromatic heterocycles. The second-order valence-corrected chi connectivity index (χ2v) is 3.95. The molecule has 0 aliphatic heterocycles. The average Bonchev–Trinajstić information content (AvgIpc) is 2.46. The number of nitrogen functional groups attached to an aromatic ring is 1. The summed E-state index contributed by atoms with van der Waals surface area (Å²) in [7, 11) is 3.23. The van der Waals surface area contributed by atoms with Crippen molar-refractivity contribution in [3.63, 3.8) is 0 Å². The van der Waals surface area contributed by atoms with Crippen LogP contribution in [0.15, 0.2) is 30.5 Å². The molecular formula is C12H13N5O3. The molecule has 1 aromatic carbocycles. The zero-order chi connectivity index (χ0) is 14.7. The highest BCUT2D eigenvalue weighted by atomic mass is 16.6. The van der Waals surface area contributed by atoms with Crippen molar-refractivity contribution in [2.75, 3.05) is 24.8 Å². The van der Waals surface area contributed by atoms with E-state index < -0.39 is 4.92 Å². The van der Waals surface area contributed by atoms with Gasteiger partial charge in [-0.25, -0.2) is 4.98 Å². The first kappa shape index (κ1) is 13.5. The third kappa shape index (κ3) is 2.58. The van der Waals surface area contributed by atoms with E-state index in [0.29, 0.717) is 11.4 Å². The van der Waals surface area contributed by atoms with Crippen LogP contribution in [0.5, 0.6) is 5.75 Å². The summed E-state index contributed by atoms with van der Waals surface area (Å²) >= 11 is 0. The summed E-state index contributed by atoms with van der Waals surface area (Å²) < 4.78 is 5.06. The molecule has 0 bridgehead atoms. The minimum absolute atomic E-state index is 0.0223. The molecule has 2 N–H and O–H groups in total. The fraction of sp³-hybridized carbons (Fsp3) is 0.167. The number of methoxy groups -OCH3 is 1. The lowest BCUT2D eigenvalue weighted by molar-refractivity contribution is -0.384. The van der Waals surface area contributed by atoms with Gasteiger partial charge in [0, 0.05) is 12.7 Å². The number of anilines is 3. The first-order chi connectivity index (χ1) is 9.52. The first-order valence-corrected chi connectivity index (χ1v) is 5.67. The maximum Gasteiger partial charge on any atom is 0.330 e. The molecule has 0 saturated heterocycles.